The molecule has 7 nitrogen and oxygen atoms in total. The monoisotopic (exact) mass is 369 g/mol. The van der Waals surface area contributed by atoms with E-state index in [4.69, 9.17) is 4.74 Å². The number of carbonyl (C=O) groups excluding carboxylic acids is 1. The highest BCUT2D eigenvalue weighted by Gasteiger charge is 2.20. The number of carbonyl (C=O) groups is 1. The van der Waals surface area contributed by atoms with Crippen LogP contribution in [0.25, 0.3) is 0 Å². The first-order valence-corrected chi connectivity index (χ1v) is 9.33. The maximum Gasteiger partial charge on any atom is 0.270 e. The van der Waals surface area contributed by atoms with Crippen LogP contribution in [0.2, 0.25) is 0 Å². The van der Waals surface area contributed by atoms with Gasteiger partial charge >= 0.3 is 0 Å². The number of nitrogens with one attached hydrogen (secondary N) is 1. The SMILES string of the molecule is CCN1CCN(c2nc(C)cc(C(=O)NCc3ccc(OC)cc3)n2)CC1. The van der Waals surface area contributed by atoms with Crippen LogP contribution in [0, 0.1) is 6.92 Å². The lowest BCUT2D eigenvalue weighted by Crippen LogP contribution is -2.47. The van der Waals surface area contributed by atoms with Gasteiger partial charge in [0.25, 0.3) is 5.91 Å². The van der Waals surface area contributed by atoms with Gasteiger partial charge in [0.2, 0.25) is 5.95 Å². The molecule has 0 saturated carbocycles. The molecule has 2 heterocycles. The van der Waals surface area contributed by atoms with E-state index in [1.165, 1.54) is 0 Å². The summed E-state index contributed by atoms with van der Waals surface area (Å²) in [6, 6.07) is 9.36. The lowest BCUT2D eigenvalue weighted by Gasteiger charge is -2.34. The second-order valence-corrected chi connectivity index (χ2v) is 6.65. The molecule has 1 fully saturated rings. The predicted molar refractivity (Wildman–Crippen MR) is 105 cm³/mol. The predicted octanol–water partition coefficient (Wildman–Crippen LogP) is 1.87. The number of nitrogens with zero attached hydrogens (tertiary/aromatic N) is 4. The van der Waals surface area contributed by atoms with E-state index in [0.717, 1.165) is 49.7 Å². The van der Waals surface area contributed by atoms with Gasteiger partial charge in [-0.15, -0.1) is 0 Å². The summed E-state index contributed by atoms with van der Waals surface area (Å²) in [6.07, 6.45) is 0. The second kappa shape index (κ2) is 8.81. The first-order valence-electron chi connectivity index (χ1n) is 9.33. The Morgan fingerprint density at radius 2 is 1.85 bits per heavy atom. The Bertz CT molecular complexity index is 770. The molecular formula is C20H27N5O2. The van der Waals surface area contributed by atoms with E-state index in [2.05, 4.69) is 32.0 Å². The van der Waals surface area contributed by atoms with Crippen molar-refractivity contribution in [1.82, 2.24) is 20.2 Å². The van der Waals surface area contributed by atoms with Crippen molar-refractivity contribution in [2.75, 3.05) is 44.7 Å². The number of likely N-dealkylation sites (N-methyl/N-ethyl adjacent to an activating group) is 1. The molecule has 1 aliphatic heterocycles. The van der Waals surface area contributed by atoms with Gasteiger partial charge in [-0.05, 0) is 37.2 Å². The van der Waals surface area contributed by atoms with E-state index < -0.39 is 0 Å². The molecule has 0 aliphatic carbocycles. The van der Waals surface area contributed by atoms with Crippen molar-refractivity contribution in [2.45, 2.75) is 20.4 Å². The van der Waals surface area contributed by atoms with Crippen LogP contribution in [0.3, 0.4) is 0 Å². The number of benzene rings is 1. The van der Waals surface area contributed by atoms with Gasteiger partial charge in [-0.25, -0.2) is 9.97 Å². The molecule has 0 bridgehead atoms. The molecule has 3 rings (SSSR count). The number of methoxy groups -OCH3 is 1. The van der Waals surface area contributed by atoms with Crippen molar-refractivity contribution in [3.05, 3.63) is 47.3 Å². The zero-order valence-corrected chi connectivity index (χ0v) is 16.2. The Labute approximate surface area is 160 Å². The number of hydrogen-bond acceptors (Lipinski definition) is 6. The lowest BCUT2D eigenvalue weighted by molar-refractivity contribution is 0.0945. The van der Waals surface area contributed by atoms with Crippen molar-refractivity contribution in [3.8, 4) is 5.75 Å². The fourth-order valence-electron chi connectivity index (χ4n) is 3.09. The van der Waals surface area contributed by atoms with Gasteiger partial charge in [0, 0.05) is 38.4 Å². The maximum absolute atomic E-state index is 12.6. The minimum atomic E-state index is -0.190. The zero-order chi connectivity index (χ0) is 19.2. The maximum atomic E-state index is 12.6. The molecule has 7 heteroatoms. The van der Waals surface area contributed by atoms with Crippen LogP contribution in [-0.2, 0) is 6.54 Å². The van der Waals surface area contributed by atoms with Gasteiger partial charge in [-0.2, -0.15) is 0 Å². The van der Waals surface area contributed by atoms with Crippen LogP contribution < -0.4 is 15.0 Å². The van der Waals surface area contributed by atoms with Gasteiger partial charge in [-0.1, -0.05) is 19.1 Å². The highest BCUT2D eigenvalue weighted by atomic mass is 16.5. The number of amides is 1. The first kappa shape index (κ1) is 19.1. The lowest BCUT2D eigenvalue weighted by atomic mass is 10.2. The summed E-state index contributed by atoms with van der Waals surface area (Å²) in [4.78, 5) is 26.2. The highest BCUT2D eigenvalue weighted by Crippen LogP contribution is 2.14. The minimum absolute atomic E-state index is 0.190. The molecule has 1 aliphatic rings. The van der Waals surface area contributed by atoms with E-state index in [-0.39, 0.29) is 5.91 Å². The average Bonchev–Trinajstić information content (AvgIpc) is 2.72. The molecule has 0 atom stereocenters. The van der Waals surface area contributed by atoms with Crippen LogP contribution >= 0.6 is 0 Å². The third-order valence-corrected chi connectivity index (χ3v) is 4.79. The van der Waals surface area contributed by atoms with Crippen LogP contribution in [0.4, 0.5) is 5.95 Å². The number of anilines is 1. The Kier molecular flexibility index (Phi) is 6.24. The Hall–Kier alpha value is -2.67. The summed E-state index contributed by atoms with van der Waals surface area (Å²) in [5.74, 6) is 1.24. The molecule has 1 saturated heterocycles. The van der Waals surface area contributed by atoms with E-state index in [1.54, 1.807) is 13.2 Å². The Morgan fingerprint density at radius 1 is 1.15 bits per heavy atom. The summed E-state index contributed by atoms with van der Waals surface area (Å²) in [5, 5.41) is 2.93. The first-order chi connectivity index (χ1) is 13.1. The van der Waals surface area contributed by atoms with Crippen molar-refractivity contribution >= 4 is 11.9 Å². The van der Waals surface area contributed by atoms with Gasteiger partial charge in [-0.3, -0.25) is 4.79 Å². The number of aromatic nitrogens is 2. The molecule has 0 radical (unpaired) electrons. The topological polar surface area (TPSA) is 70.6 Å². The molecule has 2 aromatic rings. The quantitative estimate of drug-likeness (QED) is 0.838. The number of hydrogen-bond donors (Lipinski definition) is 1. The zero-order valence-electron chi connectivity index (χ0n) is 16.2. The van der Waals surface area contributed by atoms with E-state index in [9.17, 15) is 4.79 Å². The molecule has 1 aromatic heterocycles. The van der Waals surface area contributed by atoms with Crippen molar-refractivity contribution < 1.29 is 9.53 Å². The van der Waals surface area contributed by atoms with E-state index >= 15 is 0 Å². The molecule has 1 amide bonds. The molecule has 0 unspecified atom stereocenters. The highest BCUT2D eigenvalue weighted by molar-refractivity contribution is 5.92. The van der Waals surface area contributed by atoms with E-state index in [1.807, 2.05) is 31.2 Å². The van der Waals surface area contributed by atoms with Crippen LogP contribution in [0.15, 0.2) is 30.3 Å². The van der Waals surface area contributed by atoms with E-state index in [0.29, 0.717) is 18.2 Å². The fraction of sp³-hybridized carbons (Fsp3) is 0.450. The average molecular weight is 369 g/mol. The summed E-state index contributed by atoms with van der Waals surface area (Å²) in [7, 11) is 1.63. The molecule has 144 valence electrons. The van der Waals surface area contributed by atoms with Gasteiger partial charge in [0.15, 0.2) is 0 Å². The second-order valence-electron chi connectivity index (χ2n) is 6.65. The largest absolute Gasteiger partial charge is 0.497 e. The standard InChI is InChI=1S/C20H27N5O2/c1-4-24-9-11-25(12-10-24)20-22-15(2)13-18(23-20)19(26)21-14-16-5-7-17(27-3)8-6-16/h5-8,13H,4,9-12,14H2,1-3H3,(H,21,26). The Balaban J connectivity index is 1.65. The van der Waals surface area contributed by atoms with Crippen molar-refractivity contribution in [3.63, 3.8) is 0 Å². The third kappa shape index (κ3) is 4.95. The molecule has 0 spiro atoms. The number of aryl methyl sites for hydroxylation is 1. The van der Waals surface area contributed by atoms with Crippen molar-refractivity contribution in [1.29, 1.82) is 0 Å². The molecule has 1 aromatic carbocycles. The number of ether oxygens (including phenoxy) is 1. The van der Waals surface area contributed by atoms with Crippen LogP contribution in [0.5, 0.6) is 5.75 Å². The molecule has 27 heavy (non-hydrogen) atoms. The molecular weight excluding hydrogens is 342 g/mol. The minimum Gasteiger partial charge on any atom is -0.497 e. The van der Waals surface area contributed by atoms with Gasteiger partial charge in [0.05, 0.1) is 7.11 Å². The summed E-state index contributed by atoms with van der Waals surface area (Å²) < 4.78 is 5.15. The number of piperazine rings is 1. The summed E-state index contributed by atoms with van der Waals surface area (Å²) in [6.45, 7) is 9.31. The van der Waals surface area contributed by atoms with Gasteiger partial charge < -0.3 is 19.9 Å². The smallest absolute Gasteiger partial charge is 0.270 e. The van der Waals surface area contributed by atoms with Crippen LogP contribution in [0.1, 0.15) is 28.7 Å². The van der Waals surface area contributed by atoms with Crippen molar-refractivity contribution in [2.24, 2.45) is 0 Å². The Morgan fingerprint density at radius 3 is 2.48 bits per heavy atom. The van der Waals surface area contributed by atoms with Crippen LogP contribution in [-0.4, -0.2) is 60.6 Å². The number of rotatable bonds is 6. The van der Waals surface area contributed by atoms with Gasteiger partial charge in [0.1, 0.15) is 11.4 Å². The summed E-state index contributed by atoms with van der Waals surface area (Å²) in [5.41, 5.74) is 2.21. The fourth-order valence-corrected chi connectivity index (χ4v) is 3.09. The summed E-state index contributed by atoms with van der Waals surface area (Å²) >= 11 is 0. The third-order valence-electron chi connectivity index (χ3n) is 4.79. The molecule has 1 N–H and O–H groups in total. The normalized spacial score (nSPS) is 14.9.